The smallest absolute Gasteiger partial charge is 0.319 e. The molecular weight excluding hydrogens is 418 g/mol. The molecule has 2 aromatic carbocycles. The number of nitrogens with two attached hydrogens (primary N) is 1. The number of anilines is 2. The van der Waals surface area contributed by atoms with Crippen molar-refractivity contribution in [3.63, 3.8) is 0 Å². The van der Waals surface area contributed by atoms with Gasteiger partial charge in [0.15, 0.2) is 0 Å². The zero-order valence-electron chi connectivity index (χ0n) is 16.3. The zero-order chi connectivity index (χ0) is 22.2. The highest BCUT2D eigenvalue weighted by Crippen LogP contribution is 2.30. The molecule has 5 N–H and O–H groups in total. The number of sulfone groups is 1. The highest BCUT2D eigenvalue weighted by atomic mass is 32.2. The monoisotopic (exact) mass is 441 g/mol. The van der Waals surface area contributed by atoms with E-state index in [4.69, 9.17) is 5.73 Å². The first kappa shape index (κ1) is 22.7. The number of carbonyl (C=O) groups excluding carboxylic acids is 1. The average molecular weight is 442 g/mol. The summed E-state index contributed by atoms with van der Waals surface area (Å²) >= 11 is 0. The van der Waals surface area contributed by atoms with Crippen molar-refractivity contribution in [1.82, 2.24) is 5.32 Å². The van der Waals surface area contributed by atoms with Crippen LogP contribution in [0.1, 0.15) is 26.3 Å². The van der Waals surface area contributed by atoms with E-state index >= 15 is 0 Å². The quantitative estimate of drug-likeness (QED) is 0.420. The van der Waals surface area contributed by atoms with Crippen molar-refractivity contribution in [1.29, 1.82) is 0 Å². The molecule has 2 aromatic rings. The summed E-state index contributed by atoms with van der Waals surface area (Å²) in [5.74, 6) is 0. The van der Waals surface area contributed by atoms with Gasteiger partial charge < -0.3 is 16.4 Å². The highest BCUT2D eigenvalue weighted by Gasteiger charge is 2.25. The van der Waals surface area contributed by atoms with Gasteiger partial charge in [-0.2, -0.15) is 8.42 Å². The Morgan fingerprint density at radius 1 is 1.00 bits per heavy atom. The summed E-state index contributed by atoms with van der Waals surface area (Å²) < 4.78 is 58.4. The fourth-order valence-corrected chi connectivity index (χ4v) is 4.76. The number of amides is 2. The SMILES string of the molecule is Cc1ccc(S(=O)(=O)c2cc(NC(=O)NC(C)(C)C)ccc2N)cc1S(=O)(=O)O. The third-order valence-corrected chi connectivity index (χ3v) is 6.60. The standard InChI is InChI=1S/C18H23N3O6S2/c1-11-5-7-13(10-15(11)29(25,26)27)28(23,24)16-9-12(6-8-14(16)19)20-17(22)21-18(2,3)4/h5-10H,19H2,1-4H3,(H2,20,21,22)(H,25,26,27). The van der Waals surface area contributed by atoms with Crippen molar-refractivity contribution in [3.8, 4) is 0 Å². The molecule has 0 unspecified atom stereocenters. The maximum atomic E-state index is 13.0. The van der Waals surface area contributed by atoms with E-state index in [-0.39, 0.29) is 26.7 Å². The van der Waals surface area contributed by atoms with Crippen molar-refractivity contribution in [2.75, 3.05) is 11.1 Å². The van der Waals surface area contributed by atoms with Crippen molar-refractivity contribution >= 4 is 37.4 Å². The third kappa shape index (κ3) is 5.46. The van der Waals surface area contributed by atoms with Gasteiger partial charge in [-0.25, -0.2) is 13.2 Å². The van der Waals surface area contributed by atoms with E-state index in [2.05, 4.69) is 10.6 Å². The molecule has 9 nitrogen and oxygen atoms in total. The van der Waals surface area contributed by atoms with E-state index in [0.29, 0.717) is 0 Å². The molecule has 2 rings (SSSR count). The van der Waals surface area contributed by atoms with E-state index in [1.165, 1.54) is 37.3 Å². The van der Waals surface area contributed by atoms with Gasteiger partial charge in [0.2, 0.25) is 9.84 Å². The van der Waals surface area contributed by atoms with Crippen LogP contribution < -0.4 is 16.4 Å². The van der Waals surface area contributed by atoms with Crippen molar-refractivity contribution in [2.45, 2.75) is 47.9 Å². The lowest BCUT2D eigenvalue weighted by atomic mass is 10.1. The van der Waals surface area contributed by atoms with Gasteiger partial charge in [0.1, 0.15) is 0 Å². The Balaban J connectivity index is 2.50. The van der Waals surface area contributed by atoms with Gasteiger partial charge in [0.05, 0.1) is 20.4 Å². The molecule has 0 bridgehead atoms. The lowest BCUT2D eigenvalue weighted by Gasteiger charge is -2.21. The predicted molar refractivity (Wildman–Crippen MR) is 109 cm³/mol. The molecule has 158 valence electrons. The number of urea groups is 1. The van der Waals surface area contributed by atoms with Gasteiger partial charge in [-0.05, 0) is 63.6 Å². The number of carbonyl (C=O) groups is 1. The van der Waals surface area contributed by atoms with Crippen LogP contribution in [0.4, 0.5) is 16.2 Å². The minimum Gasteiger partial charge on any atom is -0.398 e. The van der Waals surface area contributed by atoms with E-state index in [0.717, 1.165) is 6.07 Å². The Bertz CT molecular complexity index is 1170. The fourth-order valence-electron chi connectivity index (χ4n) is 2.50. The summed E-state index contributed by atoms with van der Waals surface area (Å²) in [4.78, 5) is 10.9. The number of rotatable bonds is 4. The van der Waals surface area contributed by atoms with E-state index in [1.807, 2.05) is 0 Å². The van der Waals surface area contributed by atoms with Gasteiger partial charge in [-0.3, -0.25) is 4.55 Å². The highest BCUT2D eigenvalue weighted by molar-refractivity contribution is 7.91. The maximum absolute atomic E-state index is 13.0. The van der Waals surface area contributed by atoms with Crippen LogP contribution in [-0.2, 0) is 20.0 Å². The number of nitrogen functional groups attached to an aromatic ring is 1. The van der Waals surface area contributed by atoms with Crippen molar-refractivity contribution < 1.29 is 26.2 Å². The Morgan fingerprint density at radius 2 is 1.62 bits per heavy atom. The van der Waals surface area contributed by atoms with Crippen molar-refractivity contribution in [3.05, 3.63) is 42.0 Å². The molecule has 0 radical (unpaired) electrons. The minimum atomic E-state index is -4.61. The first-order valence-electron chi connectivity index (χ1n) is 8.43. The maximum Gasteiger partial charge on any atom is 0.319 e. The molecule has 0 saturated heterocycles. The topological polar surface area (TPSA) is 156 Å². The normalized spacial score (nSPS) is 12.4. The first-order chi connectivity index (χ1) is 13.1. The Hall–Kier alpha value is -2.63. The third-order valence-electron chi connectivity index (χ3n) is 3.80. The second-order valence-corrected chi connectivity index (χ2v) is 10.8. The molecule has 11 heteroatoms. The molecule has 0 saturated carbocycles. The van der Waals surface area contributed by atoms with Gasteiger partial charge >= 0.3 is 6.03 Å². The largest absolute Gasteiger partial charge is 0.398 e. The van der Waals surface area contributed by atoms with E-state index < -0.39 is 36.4 Å². The number of benzene rings is 2. The van der Waals surface area contributed by atoms with Gasteiger partial charge in [0, 0.05) is 11.2 Å². The molecule has 0 aliphatic carbocycles. The zero-order valence-corrected chi connectivity index (χ0v) is 18.0. The van der Waals surface area contributed by atoms with Gasteiger partial charge in [0.25, 0.3) is 10.1 Å². The molecular formula is C18H23N3O6S2. The molecule has 0 aliphatic rings. The van der Waals surface area contributed by atoms with Crippen molar-refractivity contribution in [2.24, 2.45) is 0 Å². The van der Waals surface area contributed by atoms with Crippen LogP contribution in [0.3, 0.4) is 0 Å². The number of hydrogen-bond donors (Lipinski definition) is 4. The average Bonchev–Trinajstić information content (AvgIpc) is 2.53. The summed E-state index contributed by atoms with van der Waals surface area (Å²) in [5, 5.41) is 5.21. The number of nitrogens with one attached hydrogen (secondary N) is 2. The van der Waals surface area contributed by atoms with Gasteiger partial charge in [-0.1, -0.05) is 6.07 Å². The molecule has 0 heterocycles. The lowest BCUT2D eigenvalue weighted by Crippen LogP contribution is -2.43. The van der Waals surface area contributed by atoms with Crippen LogP contribution in [0.2, 0.25) is 0 Å². The molecule has 0 spiro atoms. The molecule has 0 fully saturated rings. The van der Waals surface area contributed by atoms with Crippen LogP contribution in [0.25, 0.3) is 0 Å². The van der Waals surface area contributed by atoms with Gasteiger partial charge in [-0.15, -0.1) is 0 Å². The summed E-state index contributed by atoms with van der Waals surface area (Å²) in [5.41, 5.74) is 5.61. The molecule has 0 atom stereocenters. The predicted octanol–water partition coefficient (Wildman–Crippen LogP) is 2.58. The van der Waals surface area contributed by atoms with E-state index in [9.17, 15) is 26.2 Å². The second kappa shape index (κ2) is 7.65. The van der Waals surface area contributed by atoms with Crippen LogP contribution in [0.15, 0.2) is 51.1 Å². The molecule has 0 aliphatic heterocycles. The molecule has 2 amide bonds. The molecule has 0 aromatic heterocycles. The summed E-state index contributed by atoms with van der Waals surface area (Å²) in [7, 11) is -8.85. The summed E-state index contributed by atoms with van der Waals surface area (Å²) in [6, 6.07) is 6.75. The lowest BCUT2D eigenvalue weighted by molar-refractivity contribution is 0.244. The molecule has 29 heavy (non-hydrogen) atoms. The minimum absolute atomic E-state index is 0.0826. The number of hydrogen-bond acceptors (Lipinski definition) is 6. The van der Waals surface area contributed by atoms with E-state index in [1.54, 1.807) is 20.8 Å². The second-order valence-electron chi connectivity index (χ2n) is 7.49. The Morgan fingerprint density at radius 3 is 2.17 bits per heavy atom. The van der Waals surface area contributed by atoms with Crippen LogP contribution in [-0.4, -0.2) is 33.0 Å². The van der Waals surface area contributed by atoms with Crippen LogP contribution >= 0.6 is 0 Å². The summed E-state index contributed by atoms with van der Waals surface area (Å²) in [6.07, 6.45) is 0. The Labute approximate surface area is 170 Å². The Kier molecular flexibility index (Phi) is 5.98. The van der Waals surface area contributed by atoms with Crippen LogP contribution in [0.5, 0.6) is 0 Å². The number of aryl methyl sites for hydroxylation is 1. The first-order valence-corrected chi connectivity index (χ1v) is 11.4. The van der Waals surface area contributed by atoms with Crippen LogP contribution in [0, 0.1) is 6.92 Å². The summed E-state index contributed by atoms with van der Waals surface area (Å²) in [6.45, 7) is 6.78. The fraction of sp³-hybridized carbons (Fsp3) is 0.278.